The molecule has 1 aliphatic rings. The minimum absolute atomic E-state index is 0.928. The zero-order chi connectivity index (χ0) is 12.3. The van der Waals surface area contributed by atoms with Crippen LogP contribution in [0, 0.1) is 6.92 Å². The second-order valence-electron chi connectivity index (χ2n) is 4.35. The Hall–Kier alpha value is -1.55. The number of H-pyrrole nitrogens is 1. The first-order valence-electron chi connectivity index (χ1n) is 6.03. The van der Waals surface area contributed by atoms with E-state index in [-0.39, 0.29) is 0 Å². The van der Waals surface area contributed by atoms with Gasteiger partial charge in [-0.05, 0) is 26.0 Å². The summed E-state index contributed by atoms with van der Waals surface area (Å²) >= 11 is 0. The van der Waals surface area contributed by atoms with Gasteiger partial charge in [0, 0.05) is 31.9 Å². The van der Waals surface area contributed by atoms with Gasteiger partial charge in [0.15, 0.2) is 0 Å². The van der Waals surface area contributed by atoms with Crippen LogP contribution in [0.25, 0.3) is 12.2 Å². The van der Waals surface area contributed by atoms with Crippen LogP contribution in [0.15, 0.2) is 12.3 Å². The van der Waals surface area contributed by atoms with Gasteiger partial charge in [-0.1, -0.05) is 6.58 Å². The Kier molecular flexibility index (Phi) is 3.64. The lowest BCUT2D eigenvalue weighted by atomic mass is 10.2. The van der Waals surface area contributed by atoms with Gasteiger partial charge in [0.05, 0.1) is 11.4 Å². The summed E-state index contributed by atoms with van der Waals surface area (Å²) in [6.45, 7) is 12.2. The average molecular weight is 232 g/mol. The third-order valence-electron chi connectivity index (χ3n) is 3.04. The molecule has 0 saturated carbocycles. The number of allylic oxidation sites excluding steroid dienone is 1. The van der Waals surface area contributed by atoms with Gasteiger partial charge in [-0.2, -0.15) is 0 Å². The molecular weight excluding hydrogens is 212 g/mol. The molecule has 2 heterocycles. The van der Waals surface area contributed by atoms with Crippen molar-refractivity contribution in [2.24, 2.45) is 0 Å². The molecule has 1 saturated heterocycles. The van der Waals surface area contributed by atoms with Crippen molar-refractivity contribution in [3.05, 3.63) is 29.5 Å². The molecule has 1 aromatic heterocycles. The fraction of sp³-hybridized carbons (Fsp3) is 0.462. The van der Waals surface area contributed by atoms with Gasteiger partial charge in [0.2, 0.25) is 0 Å². The van der Waals surface area contributed by atoms with Crippen molar-refractivity contribution in [3.8, 4) is 0 Å². The highest BCUT2D eigenvalue weighted by molar-refractivity contribution is 5.60. The molecule has 4 heteroatoms. The number of nitrogens with one attached hydrogen (secondary N) is 2. The normalized spacial score (nSPS) is 17.3. The largest absolute Gasteiger partial charge is 0.372 e. The van der Waals surface area contributed by atoms with Gasteiger partial charge in [-0.25, -0.2) is 4.98 Å². The van der Waals surface area contributed by atoms with Crippen molar-refractivity contribution in [2.75, 3.05) is 26.2 Å². The summed E-state index contributed by atoms with van der Waals surface area (Å²) in [6.07, 6.45) is 3.95. The zero-order valence-corrected chi connectivity index (χ0v) is 10.6. The van der Waals surface area contributed by atoms with E-state index in [0.29, 0.717) is 0 Å². The third kappa shape index (κ3) is 2.77. The van der Waals surface area contributed by atoms with Crippen LogP contribution in [0.3, 0.4) is 0 Å². The Morgan fingerprint density at radius 3 is 2.76 bits per heavy atom. The molecular formula is C13H20N4. The van der Waals surface area contributed by atoms with Crippen molar-refractivity contribution in [1.29, 1.82) is 0 Å². The van der Waals surface area contributed by atoms with Crippen LogP contribution < -0.4 is 5.32 Å². The van der Waals surface area contributed by atoms with Gasteiger partial charge < -0.3 is 15.2 Å². The first-order valence-corrected chi connectivity index (χ1v) is 6.03. The predicted octanol–water partition coefficient (Wildman–Crippen LogP) is 1.63. The maximum absolute atomic E-state index is 4.38. The summed E-state index contributed by atoms with van der Waals surface area (Å²) in [5.74, 6) is 0.930. The molecule has 4 nitrogen and oxygen atoms in total. The van der Waals surface area contributed by atoms with Crippen molar-refractivity contribution in [3.63, 3.8) is 0 Å². The van der Waals surface area contributed by atoms with Crippen LogP contribution in [0.1, 0.15) is 24.1 Å². The van der Waals surface area contributed by atoms with Crippen LogP contribution >= 0.6 is 0 Å². The molecule has 0 aromatic carbocycles. The first kappa shape index (κ1) is 11.9. The van der Waals surface area contributed by atoms with E-state index in [2.05, 4.69) is 39.8 Å². The number of hydrogen-bond donors (Lipinski definition) is 2. The molecule has 17 heavy (non-hydrogen) atoms. The van der Waals surface area contributed by atoms with Crippen LogP contribution in [0.2, 0.25) is 0 Å². The predicted molar refractivity (Wildman–Crippen MR) is 71.5 cm³/mol. The summed E-state index contributed by atoms with van der Waals surface area (Å²) in [5, 5.41) is 3.35. The molecule has 2 N–H and O–H groups in total. The molecule has 0 bridgehead atoms. The summed E-state index contributed by atoms with van der Waals surface area (Å²) in [7, 11) is 0. The second-order valence-corrected chi connectivity index (χ2v) is 4.35. The SMILES string of the molecule is C=Cc1nc(C)[nH]c1/C=C(\C)N1CCNCC1. The van der Waals surface area contributed by atoms with Gasteiger partial charge in [0.25, 0.3) is 0 Å². The highest BCUT2D eigenvalue weighted by Gasteiger charge is 2.10. The summed E-state index contributed by atoms with van der Waals surface area (Å²) in [4.78, 5) is 10.0. The molecule has 1 aliphatic heterocycles. The van der Waals surface area contributed by atoms with E-state index in [4.69, 9.17) is 0 Å². The van der Waals surface area contributed by atoms with Crippen molar-refractivity contribution < 1.29 is 0 Å². The van der Waals surface area contributed by atoms with Gasteiger partial charge in [-0.15, -0.1) is 0 Å². The second kappa shape index (κ2) is 5.19. The molecule has 0 unspecified atom stereocenters. The smallest absolute Gasteiger partial charge is 0.104 e. The number of imidazole rings is 1. The Morgan fingerprint density at radius 1 is 1.41 bits per heavy atom. The van der Waals surface area contributed by atoms with Gasteiger partial charge in [-0.3, -0.25) is 0 Å². The monoisotopic (exact) mass is 232 g/mol. The first-order chi connectivity index (χ1) is 8.20. The fourth-order valence-electron chi connectivity index (χ4n) is 2.11. The Bertz CT molecular complexity index is 425. The molecule has 1 aromatic rings. The maximum Gasteiger partial charge on any atom is 0.104 e. The van der Waals surface area contributed by atoms with Crippen LogP contribution in [0.5, 0.6) is 0 Å². The van der Waals surface area contributed by atoms with E-state index in [0.717, 1.165) is 43.4 Å². The summed E-state index contributed by atoms with van der Waals surface area (Å²) in [6, 6.07) is 0. The molecule has 1 fully saturated rings. The third-order valence-corrected chi connectivity index (χ3v) is 3.04. The lowest BCUT2D eigenvalue weighted by Gasteiger charge is -2.29. The van der Waals surface area contributed by atoms with Crippen molar-refractivity contribution in [1.82, 2.24) is 20.2 Å². The molecule has 92 valence electrons. The molecule has 0 atom stereocenters. The fourth-order valence-corrected chi connectivity index (χ4v) is 2.11. The molecule has 2 rings (SSSR count). The Labute approximate surface area is 102 Å². The average Bonchev–Trinajstić information content (AvgIpc) is 2.70. The van der Waals surface area contributed by atoms with Crippen LogP contribution in [-0.2, 0) is 0 Å². The molecule has 0 radical (unpaired) electrons. The van der Waals surface area contributed by atoms with E-state index >= 15 is 0 Å². The molecule has 0 aliphatic carbocycles. The highest BCUT2D eigenvalue weighted by Crippen LogP contribution is 2.14. The van der Waals surface area contributed by atoms with Crippen LogP contribution in [-0.4, -0.2) is 41.0 Å². The summed E-state index contributed by atoms with van der Waals surface area (Å²) < 4.78 is 0. The van der Waals surface area contributed by atoms with E-state index in [1.54, 1.807) is 6.08 Å². The number of nitrogens with zero attached hydrogens (tertiary/aromatic N) is 2. The number of aromatic nitrogens is 2. The topological polar surface area (TPSA) is 44.0 Å². The van der Waals surface area contributed by atoms with Gasteiger partial charge in [0.1, 0.15) is 5.82 Å². The maximum atomic E-state index is 4.38. The minimum atomic E-state index is 0.928. The minimum Gasteiger partial charge on any atom is -0.372 e. The van der Waals surface area contributed by atoms with Crippen molar-refractivity contribution >= 4 is 12.2 Å². The van der Waals surface area contributed by atoms with Crippen LogP contribution in [0.4, 0.5) is 0 Å². The number of hydrogen-bond acceptors (Lipinski definition) is 3. The van der Waals surface area contributed by atoms with Gasteiger partial charge >= 0.3 is 0 Å². The van der Waals surface area contributed by atoms with Crippen molar-refractivity contribution in [2.45, 2.75) is 13.8 Å². The Balaban J connectivity index is 2.18. The molecule has 0 spiro atoms. The highest BCUT2D eigenvalue weighted by atomic mass is 15.2. The van der Waals surface area contributed by atoms with E-state index in [1.807, 2.05) is 6.92 Å². The lowest BCUT2D eigenvalue weighted by Crippen LogP contribution is -2.42. The number of piperazine rings is 1. The number of aryl methyl sites for hydroxylation is 1. The number of aromatic amines is 1. The van der Waals surface area contributed by atoms with E-state index < -0.39 is 0 Å². The summed E-state index contributed by atoms with van der Waals surface area (Å²) in [5.41, 5.74) is 3.25. The lowest BCUT2D eigenvalue weighted by molar-refractivity contribution is 0.302. The number of rotatable bonds is 3. The van der Waals surface area contributed by atoms with E-state index in [1.165, 1.54) is 5.70 Å². The molecule has 0 amide bonds. The van der Waals surface area contributed by atoms with E-state index in [9.17, 15) is 0 Å². The quantitative estimate of drug-likeness (QED) is 0.832. The Morgan fingerprint density at radius 2 is 2.12 bits per heavy atom. The standard InChI is InChI=1S/C13H20N4/c1-4-12-13(16-11(3)15-12)9-10(2)17-7-5-14-6-8-17/h4,9,14H,1,5-8H2,2-3H3,(H,15,16)/b10-9+. The zero-order valence-electron chi connectivity index (χ0n) is 10.6.